The van der Waals surface area contributed by atoms with E-state index in [1.165, 1.54) is 0 Å². The number of hydrogen-bond acceptors (Lipinski definition) is 4. The Morgan fingerprint density at radius 1 is 1.05 bits per heavy atom. The normalized spacial score (nSPS) is 33.6. The van der Waals surface area contributed by atoms with Crippen molar-refractivity contribution in [1.29, 1.82) is 0 Å². The van der Waals surface area contributed by atoms with Gasteiger partial charge in [-0.05, 0) is 45.2 Å². The van der Waals surface area contributed by atoms with E-state index in [4.69, 9.17) is 4.74 Å². The summed E-state index contributed by atoms with van der Waals surface area (Å²) >= 11 is 0. The Balaban J connectivity index is 1.61. The molecule has 0 aromatic rings. The van der Waals surface area contributed by atoms with Crippen LogP contribution in [0.1, 0.15) is 25.7 Å². The first-order valence-electron chi connectivity index (χ1n) is 7.65. The molecule has 0 radical (unpaired) electrons. The minimum absolute atomic E-state index is 0.116. The number of ether oxygens (including phenoxy) is 1. The Hall–Kier alpha value is -0.210. The molecule has 0 saturated carbocycles. The van der Waals surface area contributed by atoms with Crippen LogP contribution in [0.15, 0.2) is 0 Å². The smallest absolute Gasteiger partial charge is 0.282 e. The molecule has 0 aromatic carbocycles. The zero-order valence-corrected chi connectivity index (χ0v) is 12.9. The maximum Gasteiger partial charge on any atom is 0.282 e. The first-order valence-corrected chi connectivity index (χ1v) is 9.04. The Morgan fingerprint density at radius 3 is 2.20 bits per heavy atom. The summed E-state index contributed by atoms with van der Waals surface area (Å²) in [6.45, 7) is 3.36. The van der Waals surface area contributed by atoms with E-state index in [0.717, 1.165) is 32.2 Å². The van der Waals surface area contributed by atoms with Crippen LogP contribution in [0.25, 0.3) is 0 Å². The summed E-state index contributed by atoms with van der Waals surface area (Å²) in [5, 5.41) is 3.18. The van der Waals surface area contributed by atoms with Crippen LogP contribution in [0.4, 0.5) is 0 Å². The number of fused-ring (bicyclic) bond motifs is 2. The summed E-state index contributed by atoms with van der Waals surface area (Å²) in [6.07, 6.45) is 4.15. The molecule has 0 aromatic heterocycles. The van der Waals surface area contributed by atoms with Gasteiger partial charge in [-0.3, -0.25) is 0 Å². The van der Waals surface area contributed by atoms with E-state index < -0.39 is 10.2 Å². The number of rotatable bonds is 4. The van der Waals surface area contributed by atoms with E-state index in [9.17, 15) is 8.42 Å². The molecule has 0 spiro atoms. The van der Waals surface area contributed by atoms with Crippen molar-refractivity contribution in [2.75, 3.05) is 39.8 Å². The SMILES string of the molecule is CNCC1CCN(S(=O)(=O)N2CC3CCC(C2)O3)CC1. The summed E-state index contributed by atoms with van der Waals surface area (Å²) in [4.78, 5) is 0. The van der Waals surface area contributed by atoms with Crippen LogP contribution in [0.2, 0.25) is 0 Å². The van der Waals surface area contributed by atoms with Gasteiger partial charge in [0.15, 0.2) is 0 Å². The van der Waals surface area contributed by atoms with E-state index in [1.54, 1.807) is 8.61 Å². The largest absolute Gasteiger partial charge is 0.372 e. The Labute approximate surface area is 121 Å². The van der Waals surface area contributed by atoms with Crippen LogP contribution in [0.3, 0.4) is 0 Å². The molecular weight excluding hydrogens is 278 g/mol. The Morgan fingerprint density at radius 2 is 1.65 bits per heavy atom. The highest BCUT2D eigenvalue weighted by atomic mass is 32.2. The van der Waals surface area contributed by atoms with Crippen molar-refractivity contribution in [2.45, 2.75) is 37.9 Å². The summed E-state index contributed by atoms with van der Waals surface area (Å²) < 4.78 is 34.5. The van der Waals surface area contributed by atoms with Crippen molar-refractivity contribution < 1.29 is 13.2 Å². The molecule has 3 rings (SSSR count). The fourth-order valence-corrected chi connectivity index (χ4v) is 5.27. The molecule has 3 saturated heterocycles. The fourth-order valence-electron chi connectivity index (χ4n) is 3.56. The van der Waals surface area contributed by atoms with Crippen LogP contribution >= 0.6 is 0 Å². The molecule has 3 fully saturated rings. The zero-order chi connectivity index (χ0) is 14.2. The predicted molar refractivity (Wildman–Crippen MR) is 76.6 cm³/mol. The van der Waals surface area contributed by atoms with Crippen molar-refractivity contribution in [3.8, 4) is 0 Å². The van der Waals surface area contributed by atoms with Crippen molar-refractivity contribution >= 4 is 10.2 Å². The van der Waals surface area contributed by atoms with Crippen LogP contribution in [-0.2, 0) is 14.9 Å². The van der Waals surface area contributed by atoms with E-state index in [-0.39, 0.29) is 12.2 Å². The highest BCUT2D eigenvalue weighted by Gasteiger charge is 2.41. The van der Waals surface area contributed by atoms with Gasteiger partial charge in [-0.15, -0.1) is 0 Å². The van der Waals surface area contributed by atoms with Crippen molar-refractivity contribution in [1.82, 2.24) is 13.9 Å². The average molecular weight is 303 g/mol. The van der Waals surface area contributed by atoms with E-state index in [2.05, 4.69) is 5.32 Å². The molecule has 0 amide bonds. The average Bonchev–Trinajstić information content (AvgIpc) is 2.78. The van der Waals surface area contributed by atoms with Gasteiger partial charge in [0.2, 0.25) is 0 Å². The lowest BCUT2D eigenvalue weighted by atomic mass is 9.98. The molecular formula is C13H25N3O3S. The molecule has 116 valence electrons. The molecule has 2 atom stereocenters. The molecule has 3 heterocycles. The molecule has 2 unspecified atom stereocenters. The van der Waals surface area contributed by atoms with Crippen molar-refractivity contribution in [2.24, 2.45) is 5.92 Å². The van der Waals surface area contributed by atoms with Crippen LogP contribution in [-0.4, -0.2) is 69.0 Å². The summed E-state index contributed by atoms with van der Waals surface area (Å²) in [6, 6.07) is 0. The second kappa shape index (κ2) is 5.88. The van der Waals surface area contributed by atoms with Gasteiger partial charge in [0.05, 0.1) is 12.2 Å². The third-order valence-corrected chi connectivity index (χ3v) is 6.70. The monoisotopic (exact) mass is 303 g/mol. The second-order valence-electron chi connectivity index (χ2n) is 6.18. The van der Waals surface area contributed by atoms with Gasteiger partial charge < -0.3 is 10.1 Å². The van der Waals surface area contributed by atoms with Gasteiger partial charge in [-0.1, -0.05) is 0 Å². The third kappa shape index (κ3) is 2.87. The standard InChI is InChI=1S/C13H25N3O3S/c1-14-8-11-4-6-15(7-5-11)20(17,18)16-9-12-2-3-13(10-16)19-12/h11-14H,2-10H2,1H3. The van der Waals surface area contributed by atoms with Crippen molar-refractivity contribution in [3.63, 3.8) is 0 Å². The second-order valence-corrected chi connectivity index (χ2v) is 8.11. The lowest BCUT2D eigenvalue weighted by Crippen LogP contribution is -2.53. The highest BCUT2D eigenvalue weighted by Crippen LogP contribution is 2.29. The van der Waals surface area contributed by atoms with Gasteiger partial charge >= 0.3 is 0 Å². The van der Waals surface area contributed by atoms with Crippen LogP contribution in [0.5, 0.6) is 0 Å². The number of nitrogens with one attached hydrogen (secondary N) is 1. The topological polar surface area (TPSA) is 61.9 Å². The summed E-state index contributed by atoms with van der Waals surface area (Å²) in [5.41, 5.74) is 0. The molecule has 0 aliphatic carbocycles. The number of piperidine rings is 1. The summed E-state index contributed by atoms with van der Waals surface area (Å²) in [5.74, 6) is 0.604. The van der Waals surface area contributed by atoms with Crippen LogP contribution < -0.4 is 5.32 Å². The number of nitrogens with zero attached hydrogens (tertiary/aromatic N) is 2. The fraction of sp³-hybridized carbons (Fsp3) is 1.00. The molecule has 1 N–H and O–H groups in total. The predicted octanol–water partition coefficient (Wildman–Crippen LogP) is 0.0258. The minimum atomic E-state index is -3.28. The van der Waals surface area contributed by atoms with Gasteiger partial charge in [0, 0.05) is 26.2 Å². The number of morpholine rings is 1. The summed E-state index contributed by atoms with van der Waals surface area (Å²) in [7, 11) is -1.33. The lowest BCUT2D eigenvalue weighted by molar-refractivity contribution is -0.0134. The van der Waals surface area contributed by atoms with Gasteiger partial charge in [0.1, 0.15) is 0 Å². The van der Waals surface area contributed by atoms with E-state index in [0.29, 0.717) is 32.1 Å². The zero-order valence-electron chi connectivity index (χ0n) is 12.1. The molecule has 6 nitrogen and oxygen atoms in total. The molecule has 3 aliphatic rings. The maximum atomic E-state index is 12.7. The minimum Gasteiger partial charge on any atom is -0.372 e. The Kier molecular flexibility index (Phi) is 4.33. The van der Waals surface area contributed by atoms with Crippen LogP contribution in [0, 0.1) is 5.92 Å². The molecule has 7 heteroatoms. The number of hydrogen-bond donors (Lipinski definition) is 1. The van der Waals surface area contributed by atoms with Gasteiger partial charge in [-0.25, -0.2) is 0 Å². The van der Waals surface area contributed by atoms with Gasteiger partial charge in [-0.2, -0.15) is 17.0 Å². The van der Waals surface area contributed by atoms with Crippen molar-refractivity contribution in [3.05, 3.63) is 0 Å². The third-order valence-electron chi connectivity index (χ3n) is 4.73. The molecule has 2 bridgehead atoms. The molecule has 20 heavy (non-hydrogen) atoms. The van der Waals surface area contributed by atoms with E-state index >= 15 is 0 Å². The highest BCUT2D eigenvalue weighted by molar-refractivity contribution is 7.86. The molecule has 3 aliphatic heterocycles. The lowest BCUT2D eigenvalue weighted by Gasteiger charge is -2.38. The van der Waals surface area contributed by atoms with E-state index in [1.807, 2.05) is 7.05 Å². The Bertz CT molecular complexity index is 422. The van der Waals surface area contributed by atoms with Gasteiger partial charge in [0.25, 0.3) is 10.2 Å². The quantitative estimate of drug-likeness (QED) is 0.796. The first-order chi connectivity index (χ1) is 9.59. The first kappa shape index (κ1) is 14.7. The maximum absolute atomic E-state index is 12.7.